The van der Waals surface area contributed by atoms with E-state index in [1.54, 1.807) is 27.9 Å². The molecule has 1 aromatic carbocycles. The summed E-state index contributed by atoms with van der Waals surface area (Å²) in [6.45, 7) is 5.38. The molecule has 1 aromatic rings. The summed E-state index contributed by atoms with van der Waals surface area (Å²) in [7, 11) is 1.59. The van der Waals surface area contributed by atoms with Gasteiger partial charge in [-0.25, -0.2) is 9.59 Å². The lowest BCUT2D eigenvalue weighted by molar-refractivity contribution is -0.149. The number of methoxy groups -OCH3 is 1. The highest BCUT2D eigenvalue weighted by Crippen LogP contribution is 2.32. The zero-order valence-corrected chi connectivity index (χ0v) is 11.9. The number of ether oxygens (including phenoxy) is 2. The van der Waals surface area contributed by atoms with Crippen LogP contribution >= 0.6 is 0 Å². The Balaban J connectivity index is 2.56. The van der Waals surface area contributed by atoms with E-state index in [0.717, 1.165) is 22.5 Å². The van der Waals surface area contributed by atoms with Crippen molar-refractivity contribution in [3.05, 3.63) is 46.5 Å². The van der Waals surface area contributed by atoms with Crippen molar-refractivity contribution in [3.63, 3.8) is 0 Å². The highest BCUT2D eigenvalue weighted by molar-refractivity contribution is 6.22. The van der Waals surface area contributed by atoms with Gasteiger partial charge in [-0.1, -0.05) is 17.7 Å². The molecule has 0 radical (unpaired) electrons. The number of hydrogen-bond donors (Lipinski definition) is 0. The van der Waals surface area contributed by atoms with E-state index in [1.807, 2.05) is 24.3 Å². The SMILES string of the molecule is COc1ccc(C(C)=C2C(=O)OC(=O)C2=C(C)C)cc1. The summed E-state index contributed by atoms with van der Waals surface area (Å²) in [6.07, 6.45) is 0. The number of hydrogen-bond acceptors (Lipinski definition) is 4. The average molecular weight is 272 g/mol. The molecule has 0 N–H and O–H groups in total. The van der Waals surface area contributed by atoms with Crippen molar-refractivity contribution < 1.29 is 19.1 Å². The fourth-order valence-corrected chi connectivity index (χ4v) is 2.17. The van der Waals surface area contributed by atoms with E-state index in [0.29, 0.717) is 11.1 Å². The second kappa shape index (κ2) is 5.33. The van der Waals surface area contributed by atoms with Gasteiger partial charge in [0.15, 0.2) is 0 Å². The van der Waals surface area contributed by atoms with Crippen LogP contribution < -0.4 is 4.74 Å². The van der Waals surface area contributed by atoms with Gasteiger partial charge in [-0.2, -0.15) is 0 Å². The molecule has 0 aromatic heterocycles. The Morgan fingerprint density at radius 3 is 2.00 bits per heavy atom. The van der Waals surface area contributed by atoms with E-state index in [1.165, 1.54) is 0 Å². The molecule has 20 heavy (non-hydrogen) atoms. The first-order valence-corrected chi connectivity index (χ1v) is 6.25. The highest BCUT2D eigenvalue weighted by Gasteiger charge is 2.35. The molecule has 4 nitrogen and oxygen atoms in total. The molecular weight excluding hydrogens is 256 g/mol. The molecule has 0 amide bonds. The topological polar surface area (TPSA) is 52.6 Å². The number of carbonyl (C=O) groups excluding carboxylic acids is 2. The van der Waals surface area contributed by atoms with E-state index in [2.05, 4.69) is 0 Å². The number of esters is 2. The maximum Gasteiger partial charge on any atom is 0.347 e. The Labute approximate surface area is 117 Å². The van der Waals surface area contributed by atoms with Crippen LogP contribution in [0.15, 0.2) is 41.0 Å². The summed E-state index contributed by atoms with van der Waals surface area (Å²) in [6, 6.07) is 7.31. The normalized spacial score (nSPS) is 17.1. The quantitative estimate of drug-likeness (QED) is 0.472. The van der Waals surface area contributed by atoms with Crippen molar-refractivity contribution in [1.82, 2.24) is 0 Å². The van der Waals surface area contributed by atoms with Crippen molar-refractivity contribution in [2.24, 2.45) is 0 Å². The van der Waals surface area contributed by atoms with Crippen LogP contribution in [0.1, 0.15) is 26.3 Å². The summed E-state index contributed by atoms with van der Waals surface area (Å²) in [4.78, 5) is 23.6. The van der Waals surface area contributed by atoms with E-state index < -0.39 is 11.9 Å². The Morgan fingerprint density at radius 2 is 1.50 bits per heavy atom. The van der Waals surface area contributed by atoms with Gasteiger partial charge in [0, 0.05) is 0 Å². The van der Waals surface area contributed by atoms with Crippen molar-refractivity contribution in [3.8, 4) is 5.75 Å². The van der Waals surface area contributed by atoms with Crippen molar-refractivity contribution in [2.45, 2.75) is 20.8 Å². The zero-order valence-electron chi connectivity index (χ0n) is 11.9. The van der Waals surface area contributed by atoms with E-state index in [-0.39, 0.29) is 0 Å². The second-order valence-corrected chi connectivity index (χ2v) is 4.78. The smallest absolute Gasteiger partial charge is 0.347 e. The maximum atomic E-state index is 11.9. The van der Waals surface area contributed by atoms with E-state index in [9.17, 15) is 9.59 Å². The van der Waals surface area contributed by atoms with Gasteiger partial charge in [-0.3, -0.25) is 0 Å². The Hall–Kier alpha value is -2.36. The number of rotatable bonds is 2. The molecule has 104 valence electrons. The molecule has 0 aliphatic carbocycles. The van der Waals surface area contributed by atoms with Gasteiger partial charge in [0.05, 0.1) is 18.3 Å². The zero-order chi connectivity index (χ0) is 14.9. The molecule has 1 fully saturated rings. The lowest BCUT2D eigenvalue weighted by atomic mass is 9.95. The first kappa shape index (κ1) is 14.1. The van der Waals surface area contributed by atoms with E-state index in [4.69, 9.17) is 9.47 Å². The number of cyclic esters (lactones) is 2. The van der Waals surface area contributed by atoms with Crippen LogP contribution in [-0.2, 0) is 14.3 Å². The van der Waals surface area contributed by atoms with Crippen LogP contribution in [0.3, 0.4) is 0 Å². The highest BCUT2D eigenvalue weighted by atomic mass is 16.6. The van der Waals surface area contributed by atoms with Crippen molar-refractivity contribution in [1.29, 1.82) is 0 Å². The molecule has 1 saturated heterocycles. The lowest BCUT2D eigenvalue weighted by Crippen LogP contribution is -1.99. The fraction of sp³-hybridized carbons (Fsp3) is 0.250. The second-order valence-electron chi connectivity index (χ2n) is 4.78. The Bertz CT molecular complexity index is 629. The van der Waals surface area contributed by atoms with Gasteiger partial charge in [-0.05, 0) is 44.0 Å². The average Bonchev–Trinajstić information content (AvgIpc) is 2.72. The molecule has 0 spiro atoms. The minimum Gasteiger partial charge on any atom is -0.497 e. The van der Waals surface area contributed by atoms with Crippen LogP contribution in [0, 0.1) is 0 Å². The predicted octanol–water partition coefficient (Wildman–Crippen LogP) is 2.89. The Morgan fingerprint density at radius 1 is 0.950 bits per heavy atom. The minimum absolute atomic E-state index is 0.347. The number of benzene rings is 1. The van der Waals surface area contributed by atoms with Gasteiger partial charge in [-0.15, -0.1) is 0 Å². The van der Waals surface area contributed by atoms with E-state index >= 15 is 0 Å². The summed E-state index contributed by atoms with van der Waals surface area (Å²) in [5, 5.41) is 0. The maximum absolute atomic E-state index is 11.9. The minimum atomic E-state index is -0.584. The predicted molar refractivity (Wildman–Crippen MR) is 75.1 cm³/mol. The van der Waals surface area contributed by atoms with Crippen LogP contribution in [0.2, 0.25) is 0 Å². The standard InChI is InChI=1S/C16H16O4/c1-9(2)13-14(16(18)20-15(13)17)10(3)11-5-7-12(19-4)8-6-11/h5-8H,1-4H3. The molecule has 2 rings (SSSR count). The molecule has 4 heteroatoms. The summed E-state index contributed by atoms with van der Waals surface area (Å²) in [5.41, 5.74) is 3.05. The first-order chi connectivity index (χ1) is 9.45. The van der Waals surface area contributed by atoms with Crippen molar-refractivity contribution in [2.75, 3.05) is 7.11 Å². The van der Waals surface area contributed by atoms with Crippen LogP contribution in [-0.4, -0.2) is 19.0 Å². The summed E-state index contributed by atoms with van der Waals surface area (Å²) >= 11 is 0. The molecule has 1 aliphatic heterocycles. The molecule has 0 atom stereocenters. The molecule has 1 heterocycles. The molecular formula is C16H16O4. The summed E-state index contributed by atoms with van der Waals surface area (Å²) < 4.78 is 9.82. The van der Waals surface area contributed by atoms with Crippen LogP contribution in [0.25, 0.3) is 5.57 Å². The van der Waals surface area contributed by atoms with Gasteiger partial charge < -0.3 is 9.47 Å². The number of allylic oxidation sites excluding steroid dienone is 2. The third-order valence-corrected chi connectivity index (χ3v) is 3.24. The molecule has 0 saturated carbocycles. The monoisotopic (exact) mass is 272 g/mol. The fourth-order valence-electron chi connectivity index (χ4n) is 2.17. The lowest BCUT2D eigenvalue weighted by Gasteiger charge is -2.07. The van der Waals surface area contributed by atoms with Gasteiger partial charge in [0.1, 0.15) is 5.75 Å². The molecule has 0 unspecified atom stereocenters. The molecule has 1 aliphatic rings. The molecule has 0 bridgehead atoms. The van der Waals surface area contributed by atoms with Gasteiger partial charge in [0.2, 0.25) is 0 Å². The number of carbonyl (C=O) groups is 2. The third-order valence-electron chi connectivity index (χ3n) is 3.24. The van der Waals surface area contributed by atoms with Crippen LogP contribution in [0.4, 0.5) is 0 Å². The van der Waals surface area contributed by atoms with Gasteiger partial charge in [0.25, 0.3) is 0 Å². The van der Waals surface area contributed by atoms with Crippen molar-refractivity contribution >= 4 is 17.5 Å². The van der Waals surface area contributed by atoms with Gasteiger partial charge >= 0.3 is 11.9 Å². The summed E-state index contributed by atoms with van der Waals surface area (Å²) in [5.74, 6) is -0.420. The largest absolute Gasteiger partial charge is 0.497 e. The first-order valence-electron chi connectivity index (χ1n) is 6.25. The Kier molecular flexibility index (Phi) is 3.74. The van der Waals surface area contributed by atoms with Crippen LogP contribution in [0.5, 0.6) is 5.75 Å². The third kappa shape index (κ3) is 2.37.